The maximum atomic E-state index is 13.2. The fraction of sp³-hybridized carbons (Fsp3) is 0.517. The van der Waals surface area contributed by atoms with Crippen LogP contribution >= 0.6 is 11.3 Å². The lowest BCUT2D eigenvalue weighted by atomic mass is 9.76. The maximum Gasteiger partial charge on any atom is 0.340 e. The van der Waals surface area contributed by atoms with E-state index >= 15 is 0 Å². The van der Waals surface area contributed by atoms with E-state index in [-0.39, 0.29) is 17.3 Å². The zero-order valence-electron chi connectivity index (χ0n) is 22.3. The van der Waals surface area contributed by atoms with E-state index in [9.17, 15) is 9.59 Å². The molecule has 0 spiro atoms. The monoisotopic (exact) mass is 497 g/mol. The van der Waals surface area contributed by atoms with Crippen LogP contribution in [0.2, 0.25) is 0 Å². The molecule has 1 atom stereocenters. The van der Waals surface area contributed by atoms with Crippen LogP contribution in [0.1, 0.15) is 89.8 Å². The van der Waals surface area contributed by atoms with Crippen LogP contribution in [0.3, 0.4) is 0 Å². The summed E-state index contributed by atoms with van der Waals surface area (Å²) in [5.41, 5.74) is 4.82. The average Bonchev–Trinajstić information content (AvgIpc) is 3.08. The Kier molecular flexibility index (Phi) is 8.28. The topological polar surface area (TPSA) is 64.6 Å². The summed E-state index contributed by atoms with van der Waals surface area (Å²) in [5.74, 6) is -0.451. The number of hydrogen-bond donors (Lipinski definition) is 1. The molecule has 5 nitrogen and oxygen atoms in total. The van der Waals surface area contributed by atoms with Crippen LogP contribution in [0.15, 0.2) is 30.3 Å². The Balaban J connectivity index is 2.20. The quantitative estimate of drug-likeness (QED) is 0.398. The molecule has 6 heteroatoms. The van der Waals surface area contributed by atoms with Crippen molar-refractivity contribution in [2.45, 2.75) is 86.4 Å². The predicted molar refractivity (Wildman–Crippen MR) is 145 cm³/mol. The minimum Gasteiger partial charge on any atom is -0.464 e. The second-order valence-corrected chi connectivity index (χ2v) is 12.2. The molecule has 0 bridgehead atoms. The van der Waals surface area contributed by atoms with Crippen LogP contribution in [0, 0.1) is 12.3 Å². The van der Waals surface area contributed by atoms with Gasteiger partial charge in [0.05, 0.1) is 12.2 Å². The second kappa shape index (κ2) is 10.7. The van der Waals surface area contributed by atoms with E-state index in [1.54, 1.807) is 11.3 Å². The molecular weight excluding hydrogens is 458 g/mol. The van der Waals surface area contributed by atoms with E-state index in [0.29, 0.717) is 6.61 Å². The summed E-state index contributed by atoms with van der Waals surface area (Å²) in [4.78, 5) is 26.8. The highest BCUT2D eigenvalue weighted by molar-refractivity contribution is 7.16. The third-order valence-electron chi connectivity index (χ3n) is 6.13. The lowest BCUT2D eigenvalue weighted by Crippen LogP contribution is -2.29. The van der Waals surface area contributed by atoms with Gasteiger partial charge in [0.2, 0.25) is 5.91 Å². The summed E-state index contributed by atoms with van der Waals surface area (Å²) >= 11 is 1.68. The van der Waals surface area contributed by atoms with Gasteiger partial charge in [0.25, 0.3) is 0 Å². The Morgan fingerprint density at radius 1 is 1.17 bits per heavy atom. The fourth-order valence-electron chi connectivity index (χ4n) is 4.40. The van der Waals surface area contributed by atoms with Crippen LogP contribution in [0.5, 0.6) is 0 Å². The second-order valence-electron chi connectivity index (χ2n) is 11.0. The van der Waals surface area contributed by atoms with Crippen LogP contribution < -0.4 is 5.32 Å². The zero-order valence-corrected chi connectivity index (χ0v) is 23.2. The average molecular weight is 498 g/mol. The third-order valence-corrected chi connectivity index (χ3v) is 7.30. The highest BCUT2D eigenvalue weighted by atomic mass is 32.1. The summed E-state index contributed by atoms with van der Waals surface area (Å²) in [6, 6.07) is 7.90. The minimum atomic E-state index is -0.801. The highest BCUT2D eigenvalue weighted by Gasteiger charge is 2.36. The van der Waals surface area contributed by atoms with Crippen LogP contribution in [0.4, 0.5) is 5.69 Å². The van der Waals surface area contributed by atoms with Gasteiger partial charge in [0.1, 0.15) is 0 Å². The molecule has 190 valence electrons. The first-order valence-corrected chi connectivity index (χ1v) is 13.2. The number of anilines is 1. The van der Waals surface area contributed by atoms with Gasteiger partial charge in [-0.15, -0.1) is 11.3 Å². The standard InChI is InChI=1S/C29H39NO4S/c1-9-33-27(32)25(34-28(4,5)6)23-18(2)35-26(21-10-12-22(13-11-21)30-19(3)31)24(23)20-14-16-29(7,8)17-15-20/h10-14,25H,9,15-17H2,1-8H3,(H,30,31). The molecule has 35 heavy (non-hydrogen) atoms. The molecule has 1 N–H and O–H groups in total. The van der Waals surface area contributed by atoms with Crippen molar-refractivity contribution in [2.75, 3.05) is 11.9 Å². The molecule has 1 aliphatic carbocycles. The first-order valence-electron chi connectivity index (χ1n) is 12.4. The van der Waals surface area contributed by atoms with Crippen molar-refractivity contribution in [3.63, 3.8) is 0 Å². The molecule has 1 aromatic carbocycles. The molecule has 1 unspecified atom stereocenters. The SMILES string of the molecule is CCOC(=O)C(OC(C)(C)C)c1c(C)sc(-c2ccc(NC(C)=O)cc2)c1C1=CCC(C)(C)CC1. The largest absolute Gasteiger partial charge is 0.464 e. The summed E-state index contributed by atoms with van der Waals surface area (Å²) in [7, 11) is 0. The molecule has 0 aliphatic heterocycles. The normalized spacial score (nSPS) is 16.4. The van der Waals surface area contributed by atoms with Crippen molar-refractivity contribution >= 4 is 34.5 Å². The van der Waals surface area contributed by atoms with Crippen molar-refractivity contribution in [3.8, 4) is 10.4 Å². The van der Waals surface area contributed by atoms with E-state index in [0.717, 1.165) is 51.4 Å². The number of aryl methyl sites for hydroxylation is 1. The lowest BCUT2D eigenvalue weighted by Gasteiger charge is -2.31. The summed E-state index contributed by atoms with van der Waals surface area (Å²) < 4.78 is 11.8. The number of allylic oxidation sites excluding steroid dienone is 2. The minimum absolute atomic E-state index is 0.0979. The maximum absolute atomic E-state index is 13.2. The first-order chi connectivity index (χ1) is 16.3. The number of rotatable bonds is 7. The molecular formula is C29H39NO4S. The Morgan fingerprint density at radius 3 is 2.34 bits per heavy atom. The molecule has 1 heterocycles. The molecule has 0 fully saturated rings. The number of benzene rings is 1. The van der Waals surface area contributed by atoms with Crippen molar-refractivity contribution in [1.82, 2.24) is 0 Å². The molecule has 1 aliphatic rings. The number of ether oxygens (including phenoxy) is 2. The van der Waals surface area contributed by atoms with E-state index in [1.165, 1.54) is 12.5 Å². The van der Waals surface area contributed by atoms with E-state index < -0.39 is 11.7 Å². The predicted octanol–water partition coefficient (Wildman–Crippen LogP) is 7.69. The van der Waals surface area contributed by atoms with Gasteiger partial charge in [-0.1, -0.05) is 32.1 Å². The summed E-state index contributed by atoms with van der Waals surface area (Å²) in [5, 5.41) is 2.83. The van der Waals surface area contributed by atoms with Gasteiger partial charge in [-0.25, -0.2) is 4.79 Å². The van der Waals surface area contributed by atoms with Crippen LogP contribution in [-0.2, 0) is 19.1 Å². The first kappa shape index (κ1) is 27.2. The number of esters is 1. The van der Waals surface area contributed by atoms with E-state index in [4.69, 9.17) is 9.47 Å². The summed E-state index contributed by atoms with van der Waals surface area (Å²) in [6.45, 7) is 16.2. The molecule has 3 rings (SSSR count). The van der Waals surface area contributed by atoms with Crippen LogP contribution in [0.25, 0.3) is 16.0 Å². The molecule has 1 aromatic heterocycles. The zero-order chi connectivity index (χ0) is 26.0. The van der Waals surface area contributed by atoms with Gasteiger partial charge in [-0.2, -0.15) is 0 Å². The van der Waals surface area contributed by atoms with Crippen molar-refractivity contribution in [2.24, 2.45) is 5.41 Å². The molecule has 1 amide bonds. The fourth-order valence-corrected chi connectivity index (χ4v) is 5.63. The Bertz CT molecular complexity index is 1100. The Labute approximate surface area is 213 Å². The van der Waals surface area contributed by atoms with Gasteiger partial charge in [0, 0.05) is 33.5 Å². The van der Waals surface area contributed by atoms with Crippen molar-refractivity contribution in [1.29, 1.82) is 0 Å². The molecule has 0 saturated heterocycles. The number of carbonyl (C=O) groups is 2. The number of thiophene rings is 1. The number of amides is 1. The Morgan fingerprint density at radius 2 is 1.83 bits per heavy atom. The van der Waals surface area contributed by atoms with Crippen molar-refractivity contribution in [3.05, 3.63) is 46.3 Å². The number of hydrogen-bond acceptors (Lipinski definition) is 5. The number of carbonyl (C=O) groups excluding carboxylic acids is 2. The van der Waals surface area contributed by atoms with Gasteiger partial charge in [0.15, 0.2) is 6.10 Å². The van der Waals surface area contributed by atoms with Gasteiger partial charge < -0.3 is 14.8 Å². The van der Waals surface area contributed by atoms with Gasteiger partial charge in [-0.05, 0) is 82.6 Å². The van der Waals surface area contributed by atoms with Gasteiger partial charge in [-0.3, -0.25) is 4.79 Å². The molecule has 0 saturated carbocycles. The van der Waals surface area contributed by atoms with E-state index in [2.05, 4.69) is 32.2 Å². The smallest absolute Gasteiger partial charge is 0.340 e. The molecule has 0 radical (unpaired) electrons. The van der Waals surface area contributed by atoms with Crippen LogP contribution in [-0.4, -0.2) is 24.1 Å². The third kappa shape index (κ3) is 6.83. The number of nitrogens with one attached hydrogen (secondary N) is 1. The highest BCUT2D eigenvalue weighted by Crippen LogP contribution is 2.49. The van der Waals surface area contributed by atoms with E-state index in [1.807, 2.05) is 52.0 Å². The summed E-state index contributed by atoms with van der Waals surface area (Å²) in [6.07, 6.45) is 4.55. The lowest BCUT2D eigenvalue weighted by molar-refractivity contribution is -0.166. The van der Waals surface area contributed by atoms with Crippen molar-refractivity contribution < 1.29 is 19.1 Å². The van der Waals surface area contributed by atoms with Gasteiger partial charge >= 0.3 is 5.97 Å². The Hall–Kier alpha value is -2.44. The molecule has 2 aromatic rings.